The Bertz CT molecular complexity index is 974. The number of carbonyl (C=O) groups is 1. The number of nitrogens with one attached hydrogen (secondary N) is 1. The Kier molecular flexibility index (Phi) is 7.53. The fourth-order valence-electron chi connectivity index (χ4n) is 3.24. The first-order valence-electron chi connectivity index (χ1n) is 9.93. The second-order valence-corrected chi connectivity index (χ2v) is 10.5. The summed E-state index contributed by atoms with van der Waals surface area (Å²) in [7, 11) is -3.60. The third-order valence-electron chi connectivity index (χ3n) is 4.56. The lowest BCUT2D eigenvalue weighted by molar-refractivity contribution is -0.119. The Morgan fingerprint density at radius 2 is 1.67 bits per heavy atom. The number of amides is 1. The summed E-state index contributed by atoms with van der Waals surface area (Å²) < 4.78 is 31.5. The third-order valence-corrected chi connectivity index (χ3v) is 5.70. The Balaban J connectivity index is 1.98. The molecule has 2 aromatic rings. The summed E-state index contributed by atoms with van der Waals surface area (Å²) >= 11 is 0. The molecular formula is C23H32N2O4S. The van der Waals surface area contributed by atoms with Gasteiger partial charge in [-0.05, 0) is 54.2 Å². The van der Waals surface area contributed by atoms with Gasteiger partial charge in [-0.2, -0.15) is 0 Å². The highest BCUT2D eigenvalue weighted by Gasteiger charge is 2.21. The highest BCUT2D eigenvalue weighted by Crippen LogP contribution is 2.30. The van der Waals surface area contributed by atoms with Gasteiger partial charge in [-0.1, -0.05) is 45.0 Å². The molecule has 0 aliphatic carbocycles. The zero-order valence-corrected chi connectivity index (χ0v) is 19.5. The van der Waals surface area contributed by atoms with Crippen LogP contribution in [0.2, 0.25) is 0 Å². The molecule has 2 rings (SSSR count). The standard InChI is InChI=1S/C23H32N2O4S/c1-17-13-18(2)15-19(14-17)25(30(6,27)28)16-22(26)24-11-12-29-21-10-8-7-9-20(21)23(3,4)5/h7-10,13-15H,11-12,16H2,1-6H3,(H,24,26). The van der Waals surface area contributed by atoms with E-state index in [-0.39, 0.29) is 24.4 Å². The summed E-state index contributed by atoms with van der Waals surface area (Å²) in [6, 6.07) is 13.3. The van der Waals surface area contributed by atoms with Crippen molar-refractivity contribution in [1.82, 2.24) is 5.32 Å². The minimum absolute atomic E-state index is 0.0538. The third kappa shape index (κ3) is 6.76. The van der Waals surface area contributed by atoms with Gasteiger partial charge in [0.2, 0.25) is 15.9 Å². The van der Waals surface area contributed by atoms with Crippen LogP contribution >= 0.6 is 0 Å². The van der Waals surface area contributed by atoms with E-state index >= 15 is 0 Å². The van der Waals surface area contributed by atoms with Crippen molar-refractivity contribution >= 4 is 21.6 Å². The van der Waals surface area contributed by atoms with Crippen molar-refractivity contribution in [3.8, 4) is 5.75 Å². The predicted molar refractivity (Wildman–Crippen MR) is 122 cm³/mol. The van der Waals surface area contributed by atoms with Crippen LogP contribution in [0.1, 0.15) is 37.5 Å². The Morgan fingerprint density at radius 3 is 2.23 bits per heavy atom. The molecule has 0 heterocycles. The second kappa shape index (κ2) is 9.51. The summed E-state index contributed by atoms with van der Waals surface area (Å²) in [4.78, 5) is 12.4. The van der Waals surface area contributed by atoms with Gasteiger partial charge in [0.05, 0.1) is 18.5 Å². The molecule has 164 valence electrons. The van der Waals surface area contributed by atoms with Crippen LogP contribution in [-0.2, 0) is 20.2 Å². The second-order valence-electron chi connectivity index (χ2n) is 8.56. The molecule has 6 nitrogen and oxygen atoms in total. The molecule has 0 radical (unpaired) electrons. The van der Waals surface area contributed by atoms with Crippen LogP contribution in [0.25, 0.3) is 0 Å². The topological polar surface area (TPSA) is 75.7 Å². The number of aryl methyl sites for hydroxylation is 2. The van der Waals surface area contributed by atoms with Gasteiger partial charge >= 0.3 is 0 Å². The van der Waals surface area contributed by atoms with Gasteiger partial charge in [0, 0.05) is 0 Å². The molecule has 2 aromatic carbocycles. The van der Waals surface area contributed by atoms with Gasteiger partial charge in [-0.25, -0.2) is 8.42 Å². The van der Waals surface area contributed by atoms with Crippen molar-refractivity contribution in [1.29, 1.82) is 0 Å². The van der Waals surface area contributed by atoms with E-state index in [0.717, 1.165) is 33.0 Å². The number of rotatable bonds is 8. The average Bonchev–Trinajstić information content (AvgIpc) is 2.61. The number of hydrogen-bond acceptors (Lipinski definition) is 4. The van der Waals surface area contributed by atoms with E-state index in [9.17, 15) is 13.2 Å². The highest BCUT2D eigenvalue weighted by atomic mass is 32.2. The monoisotopic (exact) mass is 432 g/mol. The molecular weight excluding hydrogens is 400 g/mol. The Morgan fingerprint density at radius 1 is 1.07 bits per heavy atom. The number of hydrogen-bond donors (Lipinski definition) is 1. The van der Waals surface area contributed by atoms with Crippen LogP contribution in [0.15, 0.2) is 42.5 Å². The molecule has 7 heteroatoms. The van der Waals surface area contributed by atoms with Crippen LogP contribution in [-0.4, -0.2) is 40.3 Å². The van der Waals surface area contributed by atoms with Crippen LogP contribution in [0, 0.1) is 13.8 Å². The van der Waals surface area contributed by atoms with E-state index in [1.54, 1.807) is 12.1 Å². The number of anilines is 1. The summed E-state index contributed by atoms with van der Waals surface area (Å²) in [6.07, 6.45) is 1.10. The van der Waals surface area contributed by atoms with Gasteiger partial charge in [0.25, 0.3) is 0 Å². The van der Waals surface area contributed by atoms with Gasteiger partial charge < -0.3 is 10.1 Å². The maximum atomic E-state index is 12.4. The predicted octanol–water partition coefficient (Wildman–Crippen LogP) is 3.56. The molecule has 0 saturated heterocycles. The van der Waals surface area contributed by atoms with E-state index in [1.807, 2.05) is 44.2 Å². The van der Waals surface area contributed by atoms with Crippen molar-refractivity contribution in [2.45, 2.75) is 40.0 Å². The molecule has 0 fully saturated rings. The lowest BCUT2D eigenvalue weighted by Gasteiger charge is -2.23. The van der Waals surface area contributed by atoms with E-state index in [1.165, 1.54) is 0 Å². The first-order chi connectivity index (χ1) is 13.9. The van der Waals surface area contributed by atoms with Gasteiger partial charge in [0.1, 0.15) is 18.9 Å². The summed E-state index contributed by atoms with van der Waals surface area (Å²) in [5, 5.41) is 2.74. The molecule has 0 unspecified atom stereocenters. The van der Waals surface area contributed by atoms with Gasteiger partial charge in [0.15, 0.2) is 0 Å². The first-order valence-corrected chi connectivity index (χ1v) is 11.8. The molecule has 0 aromatic heterocycles. The molecule has 30 heavy (non-hydrogen) atoms. The number of benzene rings is 2. The summed E-state index contributed by atoms with van der Waals surface area (Å²) in [5.74, 6) is 0.402. The van der Waals surface area contributed by atoms with Gasteiger partial charge in [-0.3, -0.25) is 9.10 Å². The molecule has 1 N–H and O–H groups in total. The number of nitrogens with zero attached hydrogens (tertiary/aromatic N) is 1. The summed E-state index contributed by atoms with van der Waals surface area (Å²) in [6.45, 7) is 10.4. The van der Waals surface area contributed by atoms with Crippen molar-refractivity contribution in [3.63, 3.8) is 0 Å². The molecule has 1 amide bonds. The van der Waals surface area contributed by atoms with Crippen molar-refractivity contribution < 1.29 is 17.9 Å². The van der Waals surface area contributed by atoms with E-state index in [4.69, 9.17) is 4.74 Å². The number of carbonyl (C=O) groups excluding carboxylic acids is 1. The fraction of sp³-hybridized carbons (Fsp3) is 0.435. The fourth-order valence-corrected chi connectivity index (χ4v) is 4.08. The average molecular weight is 433 g/mol. The maximum absolute atomic E-state index is 12.4. The Hall–Kier alpha value is -2.54. The van der Waals surface area contributed by atoms with E-state index in [2.05, 4.69) is 26.1 Å². The normalized spacial score (nSPS) is 11.8. The zero-order chi connectivity index (χ0) is 22.5. The van der Waals surface area contributed by atoms with E-state index < -0.39 is 10.0 Å². The largest absolute Gasteiger partial charge is 0.491 e. The number of ether oxygens (including phenoxy) is 1. The zero-order valence-electron chi connectivity index (χ0n) is 18.7. The Labute approximate surface area is 180 Å². The molecule has 0 spiro atoms. The van der Waals surface area contributed by atoms with Crippen molar-refractivity contribution in [3.05, 3.63) is 59.2 Å². The van der Waals surface area contributed by atoms with Crippen molar-refractivity contribution in [2.24, 2.45) is 0 Å². The minimum atomic E-state index is -3.60. The van der Waals surface area contributed by atoms with Crippen LogP contribution in [0.3, 0.4) is 0 Å². The van der Waals surface area contributed by atoms with E-state index in [0.29, 0.717) is 12.3 Å². The van der Waals surface area contributed by atoms with Crippen LogP contribution in [0.4, 0.5) is 5.69 Å². The molecule has 0 bridgehead atoms. The molecule has 0 atom stereocenters. The highest BCUT2D eigenvalue weighted by molar-refractivity contribution is 7.92. The number of sulfonamides is 1. The first kappa shape index (κ1) is 23.7. The molecule has 0 saturated carbocycles. The lowest BCUT2D eigenvalue weighted by Crippen LogP contribution is -2.41. The van der Waals surface area contributed by atoms with Crippen LogP contribution in [0.5, 0.6) is 5.75 Å². The maximum Gasteiger partial charge on any atom is 0.240 e. The summed E-state index contributed by atoms with van der Waals surface area (Å²) in [5.41, 5.74) is 3.40. The van der Waals surface area contributed by atoms with Gasteiger partial charge in [-0.15, -0.1) is 0 Å². The number of para-hydroxylation sites is 1. The van der Waals surface area contributed by atoms with Crippen LogP contribution < -0.4 is 14.4 Å². The molecule has 0 aliphatic heterocycles. The minimum Gasteiger partial charge on any atom is -0.491 e. The quantitative estimate of drug-likeness (QED) is 0.647. The molecule has 0 aliphatic rings. The lowest BCUT2D eigenvalue weighted by atomic mass is 9.86. The van der Waals surface area contributed by atoms with Crippen molar-refractivity contribution in [2.75, 3.05) is 30.3 Å². The smallest absolute Gasteiger partial charge is 0.240 e. The SMILES string of the molecule is Cc1cc(C)cc(N(CC(=O)NCCOc2ccccc2C(C)(C)C)S(C)(=O)=O)c1.